The molecule has 0 aliphatic heterocycles. The van der Waals surface area contributed by atoms with E-state index in [0.717, 1.165) is 11.1 Å². The summed E-state index contributed by atoms with van der Waals surface area (Å²) in [6.07, 6.45) is 3.75. The molecule has 17 heavy (non-hydrogen) atoms. The molecule has 0 heterocycles. The van der Waals surface area contributed by atoms with Crippen LogP contribution in [0.2, 0.25) is 0 Å². The molecule has 1 N–H and O–H groups in total. The molecule has 1 heteroatoms. The molecular formula is C16H16O. The Morgan fingerprint density at radius 2 is 1.41 bits per heavy atom. The van der Waals surface area contributed by atoms with Gasteiger partial charge in [0.25, 0.3) is 0 Å². The third-order valence-electron chi connectivity index (χ3n) is 2.76. The predicted molar refractivity (Wildman–Crippen MR) is 71.5 cm³/mol. The van der Waals surface area contributed by atoms with Crippen molar-refractivity contribution in [1.82, 2.24) is 0 Å². The molecule has 0 saturated carbocycles. The van der Waals surface area contributed by atoms with E-state index < -0.39 is 5.60 Å². The molecule has 2 rings (SSSR count). The predicted octanol–water partition coefficient (Wildman–Crippen LogP) is 3.61. The van der Waals surface area contributed by atoms with Gasteiger partial charge in [0.1, 0.15) is 5.60 Å². The zero-order valence-corrected chi connectivity index (χ0v) is 9.88. The largest absolute Gasteiger partial charge is 0.381 e. The summed E-state index contributed by atoms with van der Waals surface area (Å²) in [7, 11) is 0. The summed E-state index contributed by atoms with van der Waals surface area (Å²) in [4.78, 5) is 0. The third kappa shape index (κ3) is 3.05. The number of benzene rings is 2. The second kappa shape index (κ2) is 4.98. The molecule has 0 fully saturated rings. The summed E-state index contributed by atoms with van der Waals surface area (Å²) >= 11 is 0. The molecule has 0 aliphatic rings. The van der Waals surface area contributed by atoms with Gasteiger partial charge >= 0.3 is 0 Å². The van der Waals surface area contributed by atoms with Gasteiger partial charge in [-0.25, -0.2) is 0 Å². The van der Waals surface area contributed by atoms with E-state index >= 15 is 0 Å². The van der Waals surface area contributed by atoms with Crippen LogP contribution < -0.4 is 0 Å². The first-order valence-corrected chi connectivity index (χ1v) is 5.71. The summed E-state index contributed by atoms with van der Waals surface area (Å²) < 4.78 is 0. The maximum Gasteiger partial charge on any atom is 0.105 e. The van der Waals surface area contributed by atoms with Crippen LogP contribution in [0.1, 0.15) is 18.1 Å². The van der Waals surface area contributed by atoms with Gasteiger partial charge < -0.3 is 5.11 Å². The van der Waals surface area contributed by atoms with Crippen LogP contribution >= 0.6 is 0 Å². The molecule has 0 unspecified atom stereocenters. The van der Waals surface area contributed by atoms with E-state index in [0.29, 0.717) is 0 Å². The summed E-state index contributed by atoms with van der Waals surface area (Å²) in [6.45, 7) is 1.79. The van der Waals surface area contributed by atoms with Crippen LogP contribution in [0.15, 0.2) is 66.7 Å². The van der Waals surface area contributed by atoms with Crippen molar-refractivity contribution in [3.8, 4) is 0 Å². The van der Waals surface area contributed by atoms with Crippen LogP contribution in [-0.4, -0.2) is 5.11 Å². The summed E-state index contributed by atoms with van der Waals surface area (Å²) in [5.41, 5.74) is 1.05. The molecule has 2 aromatic rings. The highest BCUT2D eigenvalue weighted by Gasteiger charge is 2.18. The Morgan fingerprint density at radius 1 is 0.882 bits per heavy atom. The SMILES string of the molecule is C[C@@](O)(/C=C\c1ccccc1)c1ccccc1. The first kappa shape index (κ1) is 11.6. The number of hydrogen-bond donors (Lipinski definition) is 1. The number of aliphatic hydroxyl groups is 1. The average molecular weight is 224 g/mol. The van der Waals surface area contributed by atoms with Crippen LogP contribution in [0, 0.1) is 0 Å². The van der Waals surface area contributed by atoms with Crippen molar-refractivity contribution >= 4 is 6.08 Å². The summed E-state index contributed by atoms with van der Waals surface area (Å²) in [6, 6.07) is 19.6. The Balaban J connectivity index is 2.21. The maximum atomic E-state index is 10.4. The van der Waals surface area contributed by atoms with Crippen molar-refractivity contribution in [3.63, 3.8) is 0 Å². The van der Waals surface area contributed by atoms with E-state index in [9.17, 15) is 5.11 Å². The first-order valence-electron chi connectivity index (χ1n) is 5.71. The molecule has 1 atom stereocenters. The quantitative estimate of drug-likeness (QED) is 0.844. The van der Waals surface area contributed by atoms with E-state index in [1.54, 1.807) is 6.92 Å². The van der Waals surface area contributed by atoms with Gasteiger partial charge in [-0.05, 0) is 24.1 Å². The monoisotopic (exact) mass is 224 g/mol. The van der Waals surface area contributed by atoms with Gasteiger partial charge in [-0.15, -0.1) is 0 Å². The highest BCUT2D eigenvalue weighted by molar-refractivity contribution is 5.51. The fraction of sp³-hybridized carbons (Fsp3) is 0.125. The van der Waals surface area contributed by atoms with E-state index in [-0.39, 0.29) is 0 Å². The Kier molecular flexibility index (Phi) is 3.40. The molecule has 0 aliphatic carbocycles. The van der Waals surface area contributed by atoms with Gasteiger partial charge in [0.2, 0.25) is 0 Å². The van der Waals surface area contributed by atoms with Gasteiger partial charge in [-0.3, -0.25) is 0 Å². The average Bonchev–Trinajstić information content (AvgIpc) is 2.39. The minimum atomic E-state index is -0.933. The Bertz CT molecular complexity index is 483. The lowest BCUT2D eigenvalue weighted by Gasteiger charge is -2.19. The fourth-order valence-electron chi connectivity index (χ4n) is 1.69. The highest BCUT2D eigenvalue weighted by atomic mass is 16.3. The van der Waals surface area contributed by atoms with Gasteiger partial charge in [-0.2, -0.15) is 0 Å². The lowest BCUT2D eigenvalue weighted by atomic mass is 9.95. The standard InChI is InChI=1S/C16H16O/c1-16(17,15-10-6-3-7-11-15)13-12-14-8-4-2-5-9-14/h2-13,17H,1H3/b13-12-/t16-/m1/s1. The molecule has 86 valence electrons. The second-order valence-electron chi connectivity index (χ2n) is 4.26. The lowest BCUT2D eigenvalue weighted by molar-refractivity contribution is 0.112. The molecule has 0 spiro atoms. The van der Waals surface area contributed by atoms with Crippen LogP contribution in [-0.2, 0) is 5.60 Å². The van der Waals surface area contributed by atoms with Crippen LogP contribution in [0.5, 0.6) is 0 Å². The van der Waals surface area contributed by atoms with Crippen molar-refractivity contribution in [2.75, 3.05) is 0 Å². The molecule has 2 aromatic carbocycles. The van der Waals surface area contributed by atoms with E-state index in [1.807, 2.05) is 72.8 Å². The van der Waals surface area contributed by atoms with Crippen LogP contribution in [0.25, 0.3) is 6.08 Å². The van der Waals surface area contributed by atoms with Gasteiger partial charge in [0.15, 0.2) is 0 Å². The molecule has 0 aromatic heterocycles. The molecular weight excluding hydrogens is 208 g/mol. The zero-order chi connectivity index (χ0) is 12.1. The lowest BCUT2D eigenvalue weighted by Crippen LogP contribution is -2.17. The summed E-state index contributed by atoms with van der Waals surface area (Å²) in [5, 5.41) is 10.4. The van der Waals surface area contributed by atoms with Crippen molar-refractivity contribution < 1.29 is 5.11 Å². The van der Waals surface area contributed by atoms with E-state index in [4.69, 9.17) is 0 Å². The molecule has 0 amide bonds. The maximum absolute atomic E-state index is 10.4. The zero-order valence-electron chi connectivity index (χ0n) is 9.88. The van der Waals surface area contributed by atoms with E-state index in [1.165, 1.54) is 0 Å². The second-order valence-corrected chi connectivity index (χ2v) is 4.26. The topological polar surface area (TPSA) is 20.2 Å². The van der Waals surface area contributed by atoms with Crippen LogP contribution in [0.4, 0.5) is 0 Å². The van der Waals surface area contributed by atoms with Gasteiger partial charge in [0.05, 0.1) is 0 Å². The Morgan fingerprint density at radius 3 is 2.00 bits per heavy atom. The van der Waals surface area contributed by atoms with E-state index in [2.05, 4.69) is 0 Å². The van der Waals surface area contributed by atoms with Crippen LogP contribution in [0.3, 0.4) is 0 Å². The van der Waals surface area contributed by atoms with Crippen molar-refractivity contribution in [3.05, 3.63) is 77.9 Å². The molecule has 1 nitrogen and oxygen atoms in total. The van der Waals surface area contributed by atoms with Gasteiger partial charge in [-0.1, -0.05) is 66.7 Å². The third-order valence-corrected chi connectivity index (χ3v) is 2.76. The Hall–Kier alpha value is -1.86. The smallest absolute Gasteiger partial charge is 0.105 e. The number of hydrogen-bond acceptors (Lipinski definition) is 1. The molecule has 0 saturated heterocycles. The first-order chi connectivity index (χ1) is 8.18. The highest BCUT2D eigenvalue weighted by Crippen LogP contribution is 2.22. The Labute approximate surface area is 102 Å². The van der Waals surface area contributed by atoms with Crippen molar-refractivity contribution in [2.24, 2.45) is 0 Å². The minimum Gasteiger partial charge on any atom is -0.381 e. The van der Waals surface area contributed by atoms with Gasteiger partial charge in [0, 0.05) is 0 Å². The fourth-order valence-corrected chi connectivity index (χ4v) is 1.69. The summed E-state index contributed by atoms with van der Waals surface area (Å²) in [5.74, 6) is 0. The van der Waals surface area contributed by atoms with Crippen molar-refractivity contribution in [2.45, 2.75) is 12.5 Å². The van der Waals surface area contributed by atoms with Crippen molar-refractivity contribution in [1.29, 1.82) is 0 Å². The molecule has 0 radical (unpaired) electrons. The minimum absolute atomic E-state index is 0.896. The normalized spacial score (nSPS) is 14.7. The number of rotatable bonds is 3. The molecule has 0 bridgehead atoms.